The molecule has 0 amide bonds. The number of nitrogens with one attached hydrogen (secondary N) is 1. The summed E-state index contributed by atoms with van der Waals surface area (Å²) in [5.41, 5.74) is 0. The van der Waals surface area contributed by atoms with Gasteiger partial charge in [-0.3, -0.25) is 9.67 Å². The van der Waals surface area contributed by atoms with Gasteiger partial charge in [0, 0.05) is 13.5 Å². The van der Waals surface area contributed by atoms with Gasteiger partial charge in [-0.1, -0.05) is 6.92 Å². The molecule has 1 aromatic rings. The molecule has 0 bridgehead atoms. The van der Waals surface area contributed by atoms with Crippen molar-refractivity contribution in [1.82, 2.24) is 14.8 Å². The van der Waals surface area contributed by atoms with Gasteiger partial charge in [0.25, 0.3) is 0 Å². The maximum absolute atomic E-state index is 5.53. The van der Waals surface area contributed by atoms with Gasteiger partial charge in [-0.2, -0.15) is 5.10 Å². The Morgan fingerprint density at radius 3 is 3.06 bits per heavy atom. The number of nitrogens with zero attached hydrogens (tertiary/aromatic N) is 2. The highest BCUT2D eigenvalue weighted by Crippen LogP contribution is 2.33. The monoisotopic (exact) mass is 241 g/mol. The molecule has 16 heavy (non-hydrogen) atoms. The molecule has 0 saturated heterocycles. The first-order valence-electron chi connectivity index (χ1n) is 5.96. The quantitative estimate of drug-likeness (QED) is 0.824. The maximum Gasteiger partial charge on any atom is 0.195 e. The van der Waals surface area contributed by atoms with Gasteiger partial charge in [0.1, 0.15) is 5.82 Å². The van der Waals surface area contributed by atoms with E-state index in [9.17, 15) is 0 Å². The minimum Gasteiger partial charge on any atom is -0.379 e. The van der Waals surface area contributed by atoms with E-state index in [1.165, 1.54) is 6.42 Å². The second kappa shape index (κ2) is 5.10. The smallest absolute Gasteiger partial charge is 0.195 e. The van der Waals surface area contributed by atoms with Crippen LogP contribution in [0.2, 0.25) is 0 Å². The predicted octanol–water partition coefficient (Wildman–Crippen LogP) is 2.63. The van der Waals surface area contributed by atoms with Gasteiger partial charge in [-0.05, 0) is 37.9 Å². The molecule has 2 rings (SSSR count). The standard InChI is InChI=1S/C11H19N3OS/c1-3-5-10-12-13-11(16)14(10)8-6-4-7-9(8)15-2/h8-9H,3-7H2,1-2H3,(H,13,16). The zero-order valence-corrected chi connectivity index (χ0v) is 10.7. The molecule has 1 aliphatic rings. The molecule has 2 unspecified atom stereocenters. The Bertz CT molecular complexity index is 398. The molecule has 0 radical (unpaired) electrons. The summed E-state index contributed by atoms with van der Waals surface area (Å²) in [4.78, 5) is 0. The average molecular weight is 241 g/mol. The van der Waals surface area contributed by atoms with Gasteiger partial charge in [0.05, 0.1) is 12.1 Å². The van der Waals surface area contributed by atoms with Crippen molar-refractivity contribution in [2.45, 2.75) is 51.2 Å². The molecule has 90 valence electrons. The number of hydrogen-bond donors (Lipinski definition) is 1. The fourth-order valence-electron chi connectivity index (χ4n) is 2.56. The summed E-state index contributed by atoms with van der Waals surface area (Å²) in [5, 5.41) is 7.21. The van der Waals surface area contributed by atoms with Crippen LogP contribution in [0.15, 0.2) is 0 Å². The Hall–Kier alpha value is -0.680. The van der Waals surface area contributed by atoms with E-state index >= 15 is 0 Å². The molecule has 0 spiro atoms. The number of aryl methyl sites for hydroxylation is 1. The van der Waals surface area contributed by atoms with E-state index < -0.39 is 0 Å². The molecular formula is C11H19N3OS. The first kappa shape index (κ1) is 11.8. The van der Waals surface area contributed by atoms with Crippen LogP contribution in [0.3, 0.4) is 0 Å². The Morgan fingerprint density at radius 2 is 2.38 bits per heavy atom. The van der Waals surface area contributed by atoms with Crippen LogP contribution in [0.5, 0.6) is 0 Å². The van der Waals surface area contributed by atoms with Crippen LogP contribution in [-0.2, 0) is 11.2 Å². The lowest BCUT2D eigenvalue weighted by Crippen LogP contribution is -2.22. The zero-order chi connectivity index (χ0) is 11.5. The van der Waals surface area contributed by atoms with Crippen LogP contribution in [0.25, 0.3) is 0 Å². The lowest BCUT2D eigenvalue weighted by atomic mass is 10.2. The molecular weight excluding hydrogens is 222 g/mol. The fraction of sp³-hybridized carbons (Fsp3) is 0.818. The second-order valence-electron chi connectivity index (χ2n) is 4.34. The van der Waals surface area contributed by atoms with Crippen molar-refractivity contribution in [2.24, 2.45) is 0 Å². The van der Waals surface area contributed by atoms with Gasteiger partial charge in [0.15, 0.2) is 4.77 Å². The molecule has 1 aromatic heterocycles. The molecule has 5 heteroatoms. The van der Waals surface area contributed by atoms with Crippen molar-refractivity contribution in [3.05, 3.63) is 10.6 Å². The molecule has 1 fully saturated rings. The largest absolute Gasteiger partial charge is 0.379 e. The molecule has 0 aliphatic heterocycles. The average Bonchev–Trinajstić information content (AvgIpc) is 2.85. The van der Waals surface area contributed by atoms with Crippen LogP contribution >= 0.6 is 12.2 Å². The Labute approximate surface area is 101 Å². The Kier molecular flexibility index (Phi) is 3.76. The van der Waals surface area contributed by atoms with Gasteiger partial charge < -0.3 is 4.74 Å². The number of hydrogen-bond acceptors (Lipinski definition) is 3. The zero-order valence-electron chi connectivity index (χ0n) is 9.90. The maximum atomic E-state index is 5.53. The number of methoxy groups -OCH3 is 1. The lowest BCUT2D eigenvalue weighted by Gasteiger charge is -2.20. The van der Waals surface area contributed by atoms with Crippen LogP contribution in [0.4, 0.5) is 0 Å². The van der Waals surface area contributed by atoms with E-state index in [0.717, 1.165) is 36.3 Å². The van der Waals surface area contributed by atoms with E-state index in [0.29, 0.717) is 12.1 Å². The minimum atomic E-state index is 0.292. The molecule has 1 saturated carbocycles. The number of aromatic nitrogens is 3. The summed E-state index contributed by atoms with van der Waals surface area (Å²) in [6.45, 7) is 2.16. The van der Waals surface area contributed by atoms with Crippen molar-refractivity contribution in [1.29, 1.82) is 0 Å². The molecule has 2 atom stereocenters. The van der Waals surface area contributed by atoms with E-state index in [1.807, 2.05) is 0 Å². The molecule has 1 heterocycles. The molecule has 0 aromatic carbocycles. The van der Waals surface area contributed by atoms with E-state index in [2.05, 4.69) is 21.7 Å². The highest BCUT2D eigenvalue weighted by molar-refractivity contribution is 7.71. The Balaban J connectivity index is 2.31. The number of rotatable bonds is 4. The lowest BCUT2D eigenvalue weighted by molar-refractivity contribution is 0.0734. The van der Waals surface area contributed by atoms with Crippen molar-refractivity contribution < 1.29 is 4.74 Å². The third kappa shape index (κ3) is 2.06. The van der Waals surface area contributed by atoms with Gasteiger partial charge in [-0.25, -0.2) is 0 Å². The third-order valence-electron chi connectivity index (χ3n) is 3.30. The number of H-pyrrole nitrogens is 1. The summed E-state index contributed by atoms with van der Waals surface area (Å²) in [7, 11) is 1.78. The highest BCUT2D eigenvalue weighted by atomic mass is 32.1. The second-order valence-corrected chi connectivity index (χ2v) is 4.72. The van der Waals surface area contributed by atoms with Crippen molar-refractivity contribution in [2.75, 3.05) is 7.11 Å². The van der Waals surface area contributed by atoms with E-state index in [4.69, 9.17) is 17.0 Å². The summed E-state index contributed by atoms with van der Waals surface area (Å²) in [6.07, 6.45) is 5.83. The van der Waals surface area contributed by atoms with Crippen LogP contribution < -0.4 is 0 Å². The number of ether oxygens (including phenoxy) is 1. The summed E-state index contributed by atoms with van der Waals surface area (Å²) >= 11 is 5.31. The molecule has 4 nitrogen and oxygen atoms in total. The van der Waals surface area contributed by atoms with Crippen molar-refractivity contribution in [3.63, 3.8) is 0 Å². The summed E-state index contributed by atoms with van der Waals surface area (Å²) < 4.78 is 8.43. The predicted molar refractivity (Wildman–Crippen MR) is 65.1 cm³/mol. The van der Waals surface area contributed by atoms with E-state index in [1.54, 1.807) is 7.11 Å². The molecule has 1 aliphatic carbocycles. The number of aromatic amines is 1. The van der Waals surface area contributed by atoms with Crippen molar-refractivity contribution in [3.8, 4) is 0 Å². The summed E-state index contributed by atoms with van der Waals surface area (Å²) in [5.74, 6) is 1.07. The SMILES string of the molecule is CCCc1n[nH]c(=S)n1C1CCCC1OC. The van der Waals surface area contributed by atoms with E-state index in [-0.39, 0.29) is 0 Å². The highest BCUT2D eigenvalue weighted by Gasteiger charge is 2.30. The molecule has 1 N–H and O–H groups in total. The van der Waals surface area contributed by atoms with Crippen LogP contribution in [-0.4, -0.2) is 28.0 Å². The first-order valence-corrected chi connectivity index (χ1v) is 6.37. The van der Waals surface area contributed by atoms with Gasteiger partial charge >= 0.3 is 0 Å². The van der Waals surface area contributed by atoms with Gasteiger partial charge in [0.2, 0.25) is 0 Å². The fourth-order valence-corrected chi connectivity index (χ4v) is 2.84. The van der Waals surface area contributed by atoms with Gasteiger partial charge in [-0.15, -0.1) is 0 Å². The minimum absolute atomic E-state index is 0.292. The topological polar surface area (TPSA) is 42.8 Å². The van der Waals surface area contributed by atoms with Crippen LogP contribution in [0, 0.1) is 4.77 Å². The van der Waals surface area contributed by atoms with Crippen LogP contribution in [0.1, 0.15) is 44.5 Å². The first-order chi connectivity index (χ1) is 7.77. The van der Waals surface area contributed by atoms with Crippen molar-refractivity contribution >= 4 is 12.2 Å². The summed E-state index contributed by atoms with van der Waals surface area (Å²) in [6, 6.07) is 0.373. The third-order valence-corrected chi connectivity index (χ3v) is 3.59. The Morgan fingerprint density at radius 1 is 1.56 bits per heavy atom. The normalized spacial score (nSPS) is 25.1.